The summed E-state index contributed by atoms with van der Waals surface area (Å²) in [5, 5.41) is 1.41. The molecule has 2 nitrogen and oxygen atoms in total. The monoisotopic (exact) mass is 734 g/mol. The van der Waals surface area contributed by atoms with Crippen molar-refractivity contribution in [3.8, 4) is 55.9 Å². The van der Waals surface area contributed by atoms with Crippen LogP contribution >= 0.6 is 0 Å². The summed E-state index contributed by atoms with van der Waals surface area (Å²) in [6, 6.07) is 9.63. The Balaban J connectivity index is 1.25. The zero-order chi connectivity index (χ0) is 56.1. The molecule has 2 heteroatoms. The highest BCUT2D eigenvalue weighted by molar-refractivity contribution is 6.12. The van der Waals surface area contributed by atoms with Gasteiger partial charge < -0.3 is 9.13 Å². The van der Waals surface area contributed by atoms with Crippen LogP contribution < -0.4 is 0 Å². The van der Waals surface area contributed by atoms with Gasteiger partial charge in [0.25, 0.3) is 0 Å². The van der Waals surface area contributed by atoms with Crippen LogP contribution in [0.1, 0.15) is 30.2 Å². The van der Waals surface area contributed by atoms with E-state index in [4.69, 9.17) is 24.7 Å². The molecule has 0 radical (unpaired) electrons. The van der Waals surface area contributed by atoms with Crippen LogP contribution in [0.2, 0.25) is 0 Å². The van der Waals surface area contributed by atoms with Crippen molar-refractivity contribution in [1.82, 2.24) is 9.13 Å². The topological polar surface area (TPSA) is 9.86 Å². The zero-order valence-corrected chi connectivity index (χ0v) is 29.0. The van der Waals surface area contributed by atoms with Crippen molar-refractivity contribution < 1.29 is 30.2 Å². The van der Waals surface area contributed by atoms with Gasteiger partial charge in [-0.1, -0.05) is 157 Å². The molecule has 0 atom stereocenters. The van der Waals surface area contributed by atoms with Gasteiger partial charge in [-0.3, -0.25) is 0 Å². The molecule has 0 aliphatic rings. The van der Waals surface area contributed by atoms with Crippen molar-refractivity contribution in [3.63, 3.8) is 0 Å². The second-order valence-corrected chi connectivity index (χ2v) is 12.9. The first-order valence-electron chi connectivity index (χ1n) is 28.5. The SMILES string of the molecule is [2H]c1cc2c(c([2H])c1[2H])c1c([2H])c([2H])c([2H])c([2H])c1n2-c1ccc2c(c1)c1ccccc1n2-c1cccc(-c2c(-c3c([2H])c([2H])c([2H])c([2H])c3[2H])cc(-c3c([2H])c([2H])c([2H])c([2H])c3[2H])cc2-c2c([2H])c([2H])c([2H])c([2H])c2[2H])c1. The highest BCUT2D eigenvalue weighted by Gasteiger charge is 2.20. The van der Waals surface area contributed by atoms with Gasteiger partial charge in [-0.2, -0.15) is 0 Å². The molecule has 0 saturated carbocycles. The molecule has 11 rings (SSSR count). The van der Waals surface area contributed by atoms with Crippen molar-refractivity contribution in [3.05, 3.63) is 218 Å². The molecule has 0 spiro atoms. The molecule has 11 aromatic rings. The minimum Gasteiger partial charge on any atom is -0.309 e. The molecule has 2 aromatic heterocycles. The van der Waals surface area contributed by atoms with Gasteiger partial charge in [-0.05, 0) is 105 Å². The van der Waals surface area contributed by atoms with E-state index in [9.17, 15) is 5.48 Å². The Morgan fingerprint density at radius 2 is 0.857 bits per heavy atom. The first-order chi connectivity index (χ1) is 36.9. The Morgan fingerprint density at radius 3 is 1.59 bits per heavy atom. The van der Waals surface area contributed by atoms with E-state index >= 15 is 0 Å². The Labute approximate surface area is 356 Å². The van der Waals surface area contributed by atoms with E-state index in [0.29, 0.717) is 33.2 Å². The third-order valence-corrected chi connectivity index (χ3v) is 9.88. The van der Waals surface area contributed by atoms with E-state index in [2.05, 4.69) is 0 Å². The van der Waals surface area contributed by atoms with Gasteiger partial charge in [0.2, 0.25) is 0 Å². The lowest BCUT2D eigenvalue weighted by Gasteiger charge is -2.20. The van der Waals surface area contributed by atoms with Crippen molar-refractivity contribution >= 4 is 43.6 Å². The lowest BCUT2D eigenvalue weighted by atomic mass is 9.84. The number of aromatic nitrogens is 2. The van der Waals surface area contributed by atoms with Crippen LogP contribution in [0.25, 0.3) is 99.5 Å². The summed E-state index contributed by atoms with van der Waals surface area (Å²) in [5.74, 6) is 0. The molecule has 0 unspecified atom stereocenters. The minimum atomic E-state index is -0.740. The molecule has 0 aliphatic carbocycles. The van der Waals surface area contributed by atoms with E-state index in [1.807, 2.05) is 22.8 Å². The molecule has 2 heterocycles. The summed E-state index contributed by atoms with van der Waals surface area (Å²) >= 11 is 0. The first-order valence-corrected chi connectivity index (χ1v) is 17.5. The largest absolute Gasteiger partial charge is 0.309 e. The van der Waals surface area contributed by atoms with E-state index in [1.165, 1.54) is 18.2 Å². The quantitative estimate of drug-likeness (QED) is 0.161. The summed E-state index contributed by atoms with van der Waals surface area (Å²) in [5.41, 5.74) is 0.831. The average Bonchev–Trinajstić information content (AvgIpc) is 3.74. The third-order valence-electron chi connectivity index (χ3n) is 9.88. The molecular formula is C54H36N2. The summed E-state index contributed by atoms with van der Waals surface area (Å²) in [7, 11) is 0. The Morgan fingerprint density at radius 1 is 0.304 bits per heavy atom. The molecule has 0 saturated heterocycles. The number of nitrogens with zero attached hydrogens (tertiary/aromatic N) is 2. The van der Waals surface area contributed by atoms with Crippen molar-refractivity contribution in [1.29, 1.82) is 0 Å². The van der Waals surface area contributed by atoms with Crippen LogP contribution in [0.3, 0.4) is 0 Å². The third kappa shape index (κ3) is 5.19. The number of hydrogen-bond donors (Lipinski definition) is 0. The number of hydrogen-bond acceptors (Lipinski definition) is 0. The van der Waals surface area contributed by atoms with Crippen molar-refractivity contribution in [2.24, 2.45) is 0 Å². The summed E-state index contributed by atoms with van der Waals surface area (Å²) in [4.78, 5) is 0. The van der Waals surface area contributed by atoms with Gasteiger partial charge in [-0.25, -0.2) is 0 Å². The second kappa shape index (κ2) is 13.2. The van der Waals surface area contributed by atoms with Gasteiger partial charge in [0.15, 0.2) is 0 Å². The van der Waals surface area contributed by atoms with Crippen LogP contribution in [-0.4, -0.2) is 9.13 Å². The second-order valence-electron chi connectivity index (χ2n) is 12.9. The molecule has 0 amide bonds. The Hall–Kier alpha value is -7.42. The molecular weight excluding hydrogens is 677 g/mol. The average molecular weight is 735 g/mol. The molecule has 262 valence electrons. The molecule has 56 heavy (non-hydrogen) atoms. The molecule has 0 aliphatic heterocycles. The van der Waals surface area contributed by atoms with E-state index in [-0.39, 0.29) is 67.3 Å². The van der Waals surface area contributed by atoms with Gasteiger partial charge in [0, 0.05) is 32.9 Å². The summed E-state index contributed by atoms with van der Waals surface area (Å²) in [6.07, 6.45) is 0. The van der Waals surface area contributed by atoms with E-state index < -0.39 is 132 Å². The maximum absolute atomic E-state index is 9.25. The Kier molecular flexibility index (Phi) is 3.98. The molecule has 0 N–H and O–H groups in total. The lowest BCUT2D eigenvalue weighted by molar-refractivity contribution is 1.17. The molecule has 0 bridgehead atoms. The highest BCUT2D eigenvalue weighted by atomic mass is 15.0. The standard InChI is InChI=1S/C54H36N2/c1-4-17-37(18-5-1)41-34-47(38-19-6-2-7-20-38)54(48(35-41)39-21-8-3-9-22-39)40-23-16-24-42(33-40)55-52-30-15-12-27-46(52)49-36-43(31-32-53(49)55)56-50-28-13-10-25-44(50)45-26-11-14-29-51(45)56/h1-36H/i1D,2D,3D,4D,5D,6D,7D,8D,9D,10D,11D,13D,14D,17D,18D,19D,20D,21D,22D,25D,26D,28D. The van der Waals surface area contributed by atoms with Crippen molar-refractivity contribution in [2.45, 2.75) is 0 Å². The van der Waals surface area contributed by atoms with Crippen molar-refractivity contribution in [2.75, 3.05) is 0 Å². The molecule has 9 aromatic carbocycles. The van der Waals surface area contributed by atoms with Gasteiger partial charge >= 0.3 is 0 Å². The summed E-state index contributed by atoms with van der Waals surface area (Å²) in [6.45, 7) is 0. The van der Waals surface area contributed by atoms with Crippen LogP contribution in [0.15, 0.2) is 218 Å². The van der Waals surface area contributed by atoms with Crippen LogP contribution in [0.5, 0.6) is 0 Å². The highest BCUT2D eigenvalue weighted by Crippen LogP contribution is 2.44. The number of para-hydroxylation sites is 3. The Bertz CT molecular complexity index is 4360. The van der Waals surface area contributed by atoms with Crippen LogP contribution in [0, 0.1) is 0 Å². The number of benzene rings is 9. The predicted molar refractivity (Wildman–Crippen MR) is 237 cm³/mol. The number of rotatable bonds is 6. The fourth-order valence-electron chi connectivity index (χ4n) is 7.58. The maximum atomic E-state index is 9.25. The normalized spacial score (nSPS) is 17.1. The fourth-order valence-corrected chi connectivity index (χ4v) is 7.58. The zero-order valence-electron chi connectivity index (χ0n) is 51.0. The fraction of sp³-hybridized carbons (Fsp3) is 0. The van der Waals surface area contributed by atoms with E-state index in [1.54, 1.807) is 53.1 Å². The lowest BCUT2D eigenvalue weighted by Crippen LogP contribution is -1.97. The van der Waals surface area contributed by atoms with Gasteiger partial charge in [-0.15, -0.1) is 0 Å². The predicted octanol–water partition coefficient (Wildman–Crippen LogP) is 14.5. The smallest absolute Gasteiger partial charge is 0.0645 e. The summed E-state index contributed by atoms with van der Waals surface area (Å²) < 4.78 is 197. The first kappa shape index (κ1) is 16.9. The van der Waals surface area contributed by atoms with Crippen LogP contribution in [-0.2, 0) is 0 Å². The van der Waals surface area contributed by atoms with E-state index in [0.717, 1.165) is 0 Å². The minimum absolute atomic E-state index is 0.0117. The molecule has 0 fully saturated rings. The van der Waals surface area contributed by atoms with Crippen LogP contribution in [0.4, 0.5) is 0 Å². The number of fused-ring (bicyclic) bond motifs is 6. The maximum Gasteiger partial charge on any atom is 0.0645 e. The van der Waals surface area contributed by atoms with Gasteiger partial charge in [0.05, 0.1) is 52.2 Å². The van der Waals surface area contributed by atoms with Gasteiger partial charge in [0.1, 0.15) is 0 Å².